The first kappa shape index (κ1) is 18.2. The summed E-state index contributed by atoms with van der Waals surface area (Å²) in [7, 11) is 0. The van der Waals surface area contributed by atoms with Gasteiger partial charge in [0.15, 0.2) is 0 Å². The molecule has 5 nitrogen and oxygen atoms in total. The van der Waals surface area contributed by atoms with Crippen molar-refractivity contribution in [1.82, 2.24) is 10.9 Å². The second kappa shape index (κ2) is 8.65. The molecule has 7 heteroatoms. The van der Waals surface area contributed by atoms with Gasteiger partial charge in [-0.1, -0.05) is 38.4 Å². The second-order valence-corrected chi connectivity index (χ2v) is 6.75. The van der Waals surface area contributed by atoms with E-state index < -0.39 is 0 Å². The fourth-order valence-electron chi connectivity index (χ4n) is 1.79. The van der Waals surface area contributed by atoms with Crippen LogP contribution in [0.15, 0.2) is 69.8 Å². The molecule has 2 aromatic rings. The molecule has 24 heavy (non-hydrogen) atoms. The van der Waals surface area contributed by atoms with E-state index >= 15 is 0 Å². The Bertz CT molecular complexity index is 743. The van der Waals surface area contributed by atoms with E-state index in [0.717, 1.165) is 8.95 Å². The molecule has 0 saturated heterocycles. The lowest BCUT2D eigenvalue weighted by Gasteiger charge is -2.11. The molecule has 2 rings (SSSR count). The SMILES string of the molecule is C=C(CC(=O)Nc1ccc(Br)cc1)NNC(=O)c1ccc(Br)cc1. The third kappa shape index (κ3) is 5.82. The predicted molar refractivity (Wildman–Crippen MR) is 101 cm³/mol. The third-order valence-corrected chi connectivity index (χ3v) is 4.02. The molecule has 0 heterocycles. The molecule has 2 amide bonds. The minimum atomic E-state index is -0.308. The Balaban J connectivity index is 1.78. The number of carbonyl (C=O) groups excluding carboxylic acids is 2. The highest BCUT2D eigenvalue weighted by Crippen LogP contribution is 2.14. The number of hydrazine groups is 1. The van der Waals surface area contributed by atoms with Crippen molar-refractivity contribution in [2.24, 2.45) is 0 Å². The van der Waals surface area contributed by atoms with Gasteiger partial charge in [0.2, 0.25) is 5.91 Å². The van der Waals surface area contributed by atoms with E-state index in [9.17, 15) is 9.59 Å². The van der Waals surface area contributed by atoms with Crippen molar-refractivity contribution in [3.63, 3.8) is 0 Å². The average molecular weight is 453 g/mol. The molecule has 0 spiro atoms. The van der Waals surface area contributed by atoms with Gasteiger partial charge in [0, 0.05) is 25.9 Å². The Labute approximate surface area is 156 Å². The molecule has 0 unspecified atom stereocenters. The van der Waals surface area contributed by atoms with Gasteiger partial charge in [-0.3, -0.25) is 15.0 Å². The number of anilines is 1. The van der Waals surface area contributed by atoms with E-state index in [-0.39, 0.29) is 18.2 Å². The fraction of sp³-hybridized carbons (Fsp3) is 0.0588. The van der Waals surface area contributed by atoms with Crippen LogP contribution in [0.5, 0.6) is 0 Å². The van der Waals surface area contributed by atoms with E-state index in [4.69, 9.17) is 0 Å². The summed E-state index contributed by atoms with van der Waals surface area (Å²) in [5.74, 6) is -0.537. The molecule has 0 bridgehead atoms. The van der Waals surface area contributed by atoms with E-state index in [2.05, 4.69) is 54.6 Å². The van der Waals surface area contributed by atoms with Gasteiger partial charge in [0.1, 0.15) is 0 Å². The van der Waals surface area contributed by atoms with Crippen LogP contribution in [0, 0.1) is 0 Å². The molecule has 3 N–H and O–H groups in total. The molecular weight excluding hydrogens is 438 g/mol. The second-order valence-electron chi connectivity index (χ2n) is 4.92. The highest BCUT2D eigenvalue weighted by molar-refractivity contribution is 9.10. The van der Waals surface area contributed by atoms with Gasteiger partial charge in [-0.25, -0.2) is 0 Å². The molecule has 0 aliphatic rings. The zero-order chi connectivity index (χ0) is 17.5. The van der Waals surface area contributed by atoms with Crippen molar-refractivity contribution in [1.29, 1.82) is 0 Å². The van der Waals surface area contributed by atoms with Crippen molar-refractivity contribution in [3.05, 3.63) is 75.3 Å². The van der Waals surface area contributed by atoms with Crippen LogP contribution in [0.2, 0.25) is 0 Å². The molecule has 0 aliphatic carbocycles. The Hall–Kier alpha value is -2.12. The molecule has 124 valence electrons. The molecule has 0 aliphatic heterocycles. The van der Waals surface area contributed by atoms with Gasteiger partial charge >= 0.3 is 0 Å². The predicted octanol–water partition coefficient (Wildman–Crippen LogP) is 3.99. The monoisotopic (exact) mass is 451 g/mol. The highest BCUT2D eigenvalue weighted by Gasteiger charge is 2.08. The largest absolute Gasteiger partial charge is 0.326 e. The summed E-state index contributed by atoms with van der Waals surface area (Å²) >= 11 is 6.64. The van der Waals surface area contributed by atoms with Crippen LogP contribution in [-0.2, 0) is 4.79 Å². The molecule has 0 aromatic heterocycles. The molecular formula is C17H15Br2N3O2. The van der Waals surface area contributed by atoms with Crippen LogP contribution in [0.1, 0.15) is 16.8 Å². The summed E-state index contributed by atoms with van der Waals surface area (Å²) in [6, 6.07) is 14.2. The van der Waals surface area contributed by atoms with Gasteiger partial charge < -0.3 is 10.7 Å². The lowest BCUT2D eigenvalue weighted by molar-refractivity contribution is -0.115. The number of amides is 2. The number of nitrogens with one attached hydrogen (secondary N) is 3. The maximum absolute atomic E-state index is 11.9. The van der Waals surface area contributed by atoms with E-state index in [0.29, 0.717) is 16.9 Å². The normalized spacial score (nSPS) is 9.92. The zero-order valence-electron chi connectivity index (χ0n) is 12.6. The highest BCUT2D eigenvalue weighted by atomic mass is 79.9. The lowest BCUT2D eigenvalue weighted by atomic mass is 10.2. The number of rotatable bonds is 6. The first-order chi connectivity index (χ1) is 11.4. The average Bonchev–Trinajstić information content (AvgIpc) is 2.55. The Morgan fingerprint density at radius 3 is 2.00 bits per heavy atom. The Morgan fingerprint density at radius 1 is 0.875 bits per heavy atom. The van der Waals surface area contributed by atoms with E-state index in [1.54, 1.807) is 36.4 Å². The number of benzene rings is 2. The van der Waals surface area contributed by atoms with Crippen molar-refractivity contribution in [2.45, 2.75) is 6.42 Å². The smallest absolute Gasteiger partial charge is 0.269 e. The van der Waals surface area contributed by atoms with Crippen LogP contribution in [-0.4, -0.2) is 11.8 Å². The molecule has 2 aromatic carbocycles. The first-order valence-electron chi connectivity index (χ1n) is 6.99. The van der Waals surface area contributed by atoms with Gasteiger partial charge in [0.05, 0.1) is 6.42 Å². The summed E-state index contributed by atoms with van der Waals surface area (Å²) in [6.07, 6.45) is 0.0384. The van der Waals surface area contributed by atoms with Gasteiger partial charge in [-0.2, -0.15) is 0 Å². The molecule has 0 radical (unpaired) electrons. The van der Waals surface area contributed by atoms with Crippen LogP contribution in [0.4, 0.5) is 5.69 Å². The van der Waals surface area contributed by atoms with Crippen molar-refractivity contribution in [2.75, 3.05) is 5.32 Å². The minimum Gasteiger partial charge on any atom is -0.326 e. The van der Waals surface area contributed by atoms with E-state index in [1.807, 2.05) is 12.1 Å². The number of hydrogen-bond acceptors (Lipinski definition) is 3. The van der Waals surface area contributed by atoms with Crippen LogP contribution in [0.25, 0.3) is 0 Å². The number of halogens is 2. The van der Waals surface area contributed by atoms with Gasteiger partial charge in [-0.05, 0) is 48.5 Å². The number of carbonyl (C=O) groups is 2. The molecule has 0 saturated carbocycles. The fourth-order valence-corrected chi connectivity index (χ4v) is 2.32. The van der Waals surface area contributed by atoms with E-state index in [1.165, 1.54) is 0 Å². The minimum absolute atomic E-state index is 0.0384. The zero-order valence-corrected chi connectivity index (χ0v) is 15.8. The maximum Gasteiger partial charge on any atom is 0.269 e. The Kier molecular flexibility index (Phi) is 6.57. The Morgan fingerprint density at radius 2 is 1.42 bits per heavy atom. The van der Waals surface area contributed by atoms with Crippen molar-refractivity contribution >= 4 is 49.4 Å². The standard InChI is InChI=1S/C17H15Br2N3O2/c1-11(10-16(23)20-15-8-6-14(19)7-9-15)21-22-17(24)12-2-4-13(18)5-3-12/h2-9,21H,1,10H2,(H,20,23)(H,22,24). The maximum atomic E-state index is 11.9. The van der Waals surface area contributed by atoms with Crippen molar-refractivity contribution < 1.29 is 9.59 Å². The van der Waals surface area contributed by atoms with Crippen LogP contribution >= 0.6 is 31.9 Å². The summed E-state index contributed by atoms with van der Waals surface area (Å²) in [5, 5.41) is 2.75. The first-order valence-corrected chi connectivity index (χ1v) is 8.58. The summed E-state index contributed by atoms with van der Waals surface area (Å²) in [5.41, 5.74) is 6.72. The van der Waals surface area contributed by atoms with Crippen LogP contribution in [0.3, 0.4) is 0 Å². The lowest BCUT2D eigenvalue weighted by Crippen LogP contribution is -2.37. The summed E-state index contributed by atoms with van der Waals surface area (Å²) < 4.78 is 1.82. The topological polar surface area (TPSA) is 70.2 Å². The number of hydrogen-bond donors (Lipinski definition) is 3. The van der Waals surface area contributed by atoms with Gasteiger partial charge in [-0.15, -0.1) is 0 Å². The quantitative estimate of drug-likeness (QED) is 0.580. The summed E-state index contributed by atoms with van der Waals surface area (Å²) in [4.78, 5) is 23.9. The van der Waals surface area contributed by atoms with Crippen molar-refractivity contribution in [3.8, 4) is 0 Å². The van der Waals surface area contributed by atoms with Gasteiger partial charge in [0.25, 0.3) is 5.91 Å². The van der Waals surface area contributed by atoms with Crippen LogP contribution < -0.4 is 16.2 Å². The third-order valence-electron chi connectivity index (χ3n) is 2.96. The summed E-state index contributed by atoms with van der Waals surface area (Å²) in [6.45, 7) is 3.73. The molecule has 0 atom stereocenters. The molecule has 0 fully saturated rings.